The SMILES string of the molecule is COc1ccc(CC(=O)N2CCC(c3nc(-c4ccc(Cl)cc4F)no3)CC2)cc1. The van der Waals surface area contributed by atoms with Crippen LogP contribution in [0, 0.1) is 5.82 Å². The highest BCUT2D eigenvalue weighted by atomic mass is 35.5. The maximum atomic E-state index is 14.1. The van der Waals surface area contributed by atoms with Crippen LogP contribution in [-0.4, -0.2) is 41.1 Å². The number of hydrogen-bond acceptors (Lipinski definition) is 5. The number of likely N-dealkylation sites (tertiary alicyclic amines) is 1. The number of hydrogen-bond donors (Lipinski definition) is 0. The van der Waals surface area contributed by atoms with Crippen molar-refractivity contribution in [2.24, 2.45) is 0 Å². The fraction of sp³-hybridized carbons (Fsp3) is 0.318. The number of amides is 1. The van der Waals surface area contributed by atoms with E-state index in [1.165, 1.54) is 12.1 Å². The van der Waals surface area contributed by atoms with Crippen molar-refractivity contribution in [3.8, 4) is 17.1 Å². The molecule has 6 nitrogen and oxygen atoms in total. The Bertz CT molecular complexity index is 1030. The van der Waals surface area contributed by atoms with Crippen LogP contribution in [0.15, 0.2) is 47.0 Å². The van der Waals surface area contributed by atoms with Gasteiger partial charge in [-0.25, -0.2) is 4.39 Å². The second-order valence-electron chi connectivity index (χ2n) is 7.26. The molecule has 1 aromatic heterocycles. The van der Waals surface area contributed by atoms with Crippen LogP contribution in [0.5, 0.6) is 5.75 Å². The molecule has 0 bridgehead atoms. The third kappa shape index (κ3) is 4.46. The normalized spacial score (nSPS) is 14.7. The molecule has 0 spiro atoms. The van der Waals surface area contributed by atoms with Crippen LogP contribution in [0.2, 0.25) is 5.02 Å². The van der Waals surface area contributed by atoms with Gasteiger partial charge in [-0.2, -0.15) is 4.98 Å². The van der Waals surface area contributed by atoms with E-state index in [1.54, 1.807) is 13.2 Å². The molecule has 1 amide bonds. The standard InChI is InChI=1S/C22H21ClFN3O3/c1-29-17-5-2-14(3-6-17)12-20(28)27-10-8-15(9-11-27)22-25-21(26-30-22)18-7-4-16(23)13-19(18)24/h2-7,13,15H,8-12H2,1H3. The smallest absolute Gasteiger partial charge is 0.230 e. The van der Waals surface area contributed by atoms with Gasteiger partial charge in [-0.15, -0.1) is 0 Å². The monoisotopic (exact) mass is 429 g/mol. The number of ether oxygens (including phenoxy) is 1. The summed E-state index contributed by atoms with van der Waals surface area (Å²) in [7, 11) is 1.61. The Balaban J connectivity index is 1.35. The molecule has 8 heteroatoms. The minimum absolute atomic E-state index is 0.0478. The van der Waals surface area contributed by atoms with Crippen LogP contribution in [0.1, 0.15) is 30.2 Å². The van der Waals surface area contributed by atoms with E-state index in [0.717, 1.165) is 24.2 Å². The van der Waals surface area contributed by atoms with E-state index >= 15 is 0 Å². The molecule has 30 heavy (non-hydrogen) atoms. The minimum atomic E-state index is -0.492. The lowest BCUT2D eigenvalue weighted by atomic mass is 9.96. The van der Waals surface area contributed by atoms with Gasteiger partial charge in [0, 0.05) is 24.0 Å². The lowest BCUT2D eigenvalue weighted by molar-refractivity contribution is -0.131. The van der Waals surface area contributed by atoms with Gasteiger partial charge in [0.15, 0.2) is 0 Å². The first kappa shape index (κ1) is 20.3. The molecular weight excluding hydrogens is 409 g/mol. The van der Waals surface area contributed by atoms with Crippen LogP contribution in [0.3, 0.4) is 0 Å². The van der Waals surface area contributed by atoms with Crippen LogP contribution < -0.4 is 4.74 Å². The number of carbonyl (C=O) groups is 1. The summed E-state index contributed by atoms with van der Waals surface area (Å²) < 4.78 is 24.6. The largest absolute Gasteiger partial charge is 0.497 e. The highest BCUT2D eigenvalue weighted by Crippen LogP contribution is 2.30. The molecule has 0 N–H and O–H groups in total. The Morgan fingerprint density at radius 1 is 1.23 bits per heavy atom. The van der Waals surface area contributed by atoms with Crippen molar-refractivity contribution in [3.05, 3.63) is 64.8 Å². The predicted octanol–water partition coefficient (Wildman–Crippen LogP) is 4.49. The maximum Gasteiger partial charge on any atom is 0.230 e. The van der Waals surface area contributed by atoms with Crippen LogP contribution in [-0.2, 0) is 11.2 Å². The molecule has 1 aliphatic heterocycles. The molecule has 0 aliphatic carbocycles. The number of halogens is 2. The Hall–Kier alpha value is -2.93. The van der Waals surface area contributed by atoms with E-state index in [1.807, 2.05) is 29.2 Å². The van der Waals surface area contributed by atoms with Gasteiger partial charge in [0.25, 0.3) is 0 Å². The summed E-state index contributed by atoms with van der Waals surface area (Å²) >= 11 is 5.79. The molecule has 0 radical (unpaired) electrons. The van der Waals surface area contributed by atoms with Gasteiger partial charge >= 0.3 is 0 Å². The first-order valence-electron chi connectivity index (χ1n) is 9.73. The molecule has 2 heterocycles. The van der Waals surface area contributed by atoms with E-state index in [9.17, 15) is 9.18 Å². The number of nitrogens with zero attached hydrogens (tertiary/aromatic N) is 3. The average molecular weight is 430 g/mol. The molecule has 0 atom stereocenters. The number of carbonyl (C=O) groups excluding carboxylic acids is 1. The van der Waals surface area contributed by atoms with Crippen LogP contribution in [0.4, 0.5) is 4.39 Å². The summed E-state index contributed by atoms with van der Waals surface area (Å²) in [6.45, 7) is 1.24. The van der Waals surface area contributed by atoms with Crippen molar-refractivity contribution >= 4 is 17.5 Å². The van der Waals surface area contributed by atoms with Crippen molar-refractivity contribution in [2.45, 2.75) is 25.2 Å². The molecule has 3 aromatic rings. The van der Waals surface area contributed by atoms with E-state index in [0.29, 0.717) is 30.4 Å². The van der Waals surface area contributed by atoms with Crippen molar-refractivity contribution in [1.29, 1.82) is 0 Å². The topological polar surface area (TPSA) is 68.5 Å². The van der Waals surface area contributed by atoms with E-state index in [-0.39, 0.29) is 23.2 Å². The third-order valence-corrected chi connectivity index (χ3v) is 5.56. The van der Waals surface area contributed by atoms with Gasteiger partial charge in [0.1, 0.15) is 11.6 Å². The van der Waals surface area contributed by atoms with Gasteiger partial charge in [0.05, 0.1) is 19.1 Å². The van der Waals surface area contributed by atoms with Crippen molar-refractivity contribution in [3.63, 3.8) is 0 Å². The Morgan fingerprint density at radius 2 is 1.97 bits per heavy atom. The summed E-state index contributed by atoms with van der Waals surface area (Å²) in [5, 5.41) is 4.23. The molecule has 1 saturated heterocycles. The number of rotatable bonds is 5. The molecule has 2 aromatic carbocycles. The van der Waals surface area contributed by atoms with Crippen molar-refractivity contribution in [2.75, 3.05) is 20.2 Å². The first-order valence-corrected chi connectivity index (χ1v) is 10.1. The molecule has 0 saturated carbocycles. The lowest BCUT2D eigenvalue weighted by Gasteiger charge is -2.30. The van der Waals surface area contributed by atoms with Crippen LogP contribution in [0.25, 0.3) is 11.4 Å². The second kappa shape index (κ2) is 8.83. The van der Waals surface area contributed by atoms with Gasteiger partial charge in [0.2, 0.25) is 17.6 Å². The summed E-state index contributed by atoms with van der Waals surface area (Å²) in [5.74, 6) is 1.09. The zero-order chi connectivity index (χ0) is 21.1. The van der Waals surface area contributed by atoms with E-state index in [4.69, 9.17) is 20.9 Å². The Kier molecular flexibility index (Phi) is 5.99. The van der Waals surface area contributed by atoms with E-state index < -0.39 is 5.82 Å². The molecule has 0 unspecified atom stereocenters. The molecular formula is C22H21ClFN3O3. The number of methoxy groups -OCH3 is 1. The average Bonchev–Trinajstić information content (AvgIpc) is 3.24. The quantitative estimate of drug-likeness (QED) is 0.597. The molecule has 1 fully saturated rings. The van der Waals surface area contributed by atoms with Crippen molar-refractivity contribution in [1.82, 2.24) is 15.0 Å². The summed E-state index contributed by atoms with van der Waals surface area (Å²) in [6, 6.07) is 11.9. The zero-order valence-electron chi connectivity index (χ0n) is 16.5. The fourth-order valence-electron chi connectivity index (χ4n) is 3.59. The fourth-order valence-corrected chi connectivity index (χ4v) is 3.75. The Labute approximate surface area is 178 Å². The predicted molar refractivity (Wildman–Crippen MR) is 110 cm³/mol. The lowest BCUT2D eigenvalue weighted by Crippen LogP contribution is -2.38. The van der Waals surface area contributed by atoms with Gasteiger partial charge in [-0.05, 0) is 48.7 Å². The Morgan fingerprint density at radius 3 is 2.63 bits per heavy atom. The zero-order valence-corrected chi connectivity index (χ0v) is 17.2. The molecule has 4 rings (SSSR count). The van der Waals surface area contributed by atoms with Gasteiger partial charge in [-0.1, -0.05) is 28.9 Å². The van der Waals surface area contributed by atoms with Crippen molar-refractivity contribution < 1.29 is 18.4 Å². The number of aromatic nitrogens is 2. The molecule has 156 valence electrons. The van der Waals surface area contributed by atoms with Gasteiger partial charge in [-0.3, -0.25) is 4.79 Å². The summed E-state index contributed by atoms with van der Waals surface area (Å²) in [4.78, 5) is 18.8. The van der Waals surface area contributed by atoms with Crippen LogP contribution >= 0.6 is 11.6 Å². The number of piperidine rings is 1. The van der Waals surface area contributed by atoms with E-state index in [2.05, 4.69) is 10.1 Å². The third-order valence-electron chi connectivity index (χ3n) is 5.33. The first-order chi connectivity index (χ1) is 14.5. The second-order valence-corrected chi connectivity index (χ2v) is 7.70. The highest BCUT2D eigenvalue weighted by molar-refractivity contribution is 6.30. The van der Waals surface area contributed by atoms with Gasteiger partial charge < -0.3 is 14.2 Å². The summed E-state index contributed by atoms with van der Waals surface area (Å²) in [5.41, 5.74) is 1.20. The molecule has 1 aliphatic rings. The minimum Gasteiger partial charge on any atom is -0.497 e. The number of benzene rings is 2. The summed E-state index contributed by atoms with van der Waals surface area (Å²) in [6.07, 6.45) is 1.80. The highest BCUT2D eigenvalue weighted by Gasteiger charge is 2.28. The maximum absolute atomic E-state index is 14.1.